The summed E-state index contributed by atoms with van der Waals surface area (Å²) in [7, 11) is 0. The number of thiophene rings is 1. The van der Waals surface area contributed by atoms with Crippen LogP contribution in [0.5, 0.6) is 0 Å². The fourth-order valence-electron chi connectivity index (χ4n) is 3.75. The van der Waals surface area contributed by atoms with Crippen molar-refractivity contribution in [2.24, 2.45) is 0 Å². The first-order valence-electron chi connectivity index (χ1n) is 9.80. The van der Waals surface area contributed by atoms with E-state index in [9.17, 15) is 14.0 Å². The Morgan fingerprint density at radius 3 is 2.39 bits per heavy atom. The summed E-state index contributed by atoms with van der Waals surface area (Å²) in [6, 6.07) is 11.0. The molecule has 2 aromatic rings. The van der Waals surface area contributed by atoms with E-state index in [0.717, 1.165) is 22.6 Å². The van der Waals surface area contributed by atoms with Gasteiger partial charge in [0, 0.05) is 44.6 Å². The standard InChI is InChI=1S/C21H24FN3O2S/c22-18-5-2-1-4-16(18)14-25(17-7-8-17)15-20(26)23-9-11-24(12-10-23)21(27)19-6-3-13-28-19/h1-6,13,17H,7-12,14-15H2/p+1. The zero-order chi connectivity index (χ0) is 19.5. The Morgan fingerprint density at radius 2 is 1.75 bits per heavy atom. The minimum Gasteiger partial charge on any atom is -0.334 e. The van der Waals surface area contributed by atoms with Crippen LogP contribution in [-0.4, -0.2) is 60.4 Å². The van der Waals surface area contributed by atoms with Gasteiger partial charge in [0.2, 0.25) is 0 Å². The Hall–Kier alpha value is -2.25. The van der Waals surface area contributed by atoms with E-state index in [0.29, 0.717) is 50.9 Å². The normalized spacial score (nSPS) is 18.2. The molecule has 2 fully saturated rings. The minimum atomic E-state index is -0.200. The maximum atomic E-state index is 14.0. The van der Waals surface area contributed by atoms with Crippen LogP contribution in [0, 0.1) is 5.82 Å². The van der Waals surface area contributed by atoms with E-state index in [4.69, 9.17) is 0 Å². The second-order valence-corrected chi connectivity index (χ2v) is 8.48. The van der Waals surface area contributed by atoms with Crippen LogP contribution in [0.25, 0.3) is 0 Å². The molecule has 148 valence electrons. The van der Waals surface area contributed by atoms with Crippen LogP contribution in [0.3, 0.4) is 0 Å². The number of amides is 2. The Kier molecular flexibility index (Phi) is 5.73. The van der Waals surface area contributed by atoms with Crippen LogP contribution in [0.2, 0.25) is 0 Å². The first kappa shape index (κ1) is 19.1. The fourth-order valence-corrected chi connectivity index (χ4v) is 4.44. The Bertz CT molecular complexity index is 830. The number of hydrogen-bond acceptors (Lipinski definition) is 3. The number of halogens is 1. The SMILES string of the molecule is O=C(C[NH+](Cc1ccccc1F)C1CC1)N1CCN(C(=O)c2cccs2)CC1. The highest BCUT2D eigenvalue weighted by Gasteiger charge is 2.36. The Labute approximate surface area is 168 Å². The molecule has 1 saturated heterocycles. The minimum absolute atomic E-state index is 0.0480. The summed E-state index contributed by atoms with van der Waals surface area (Å²) in [5.74, 6) is -0.0536. The Balaban J connectivity index is 1.32. The maximum absolute atomic E-state index is 14.0. The van der Waals surface area contributed by atoms with Crippen LogP contribution in [0.15, 0.2) is 41.8 Å². The third-order valence-electron chi connectivity index (χ3n) is 5.56. The lowest BCUT2D eigenvalue weighted by Crippen LogP contribution is -3.13. The van der Waals surface area contributed by atoms with E-state index in [1.165, 1.54) is 17.4 Å². The second kappa shape index (κ2) is 8.41. The molecule has 4 rings (SSSR count). The number of benzene rings is 1. The van der Waals surface area contributed by atoms with Crippen molar-refractivity contribution >= 4 is 23.2 Å². The van der Waals surface area contributed by atoms with Crippen molar-refractivity contribution in [2.45, 2.75) is 25.4 Å². The lowest BCUT2D eigenvalue weighted by Gasteiger charge is -2.35. The first-order valence-corrected chi connectivity index (χ1v) is 10.7. The molecule has 2 amide bonds. The third kappa shape index (κ3) is 4.42. The lowest BCUT2D eigenvalue weighted by atomic mass is 10.2. The fraction of sp³-hybridized carbons (Fsp3) is 0.429. The van der Waals surface area contributed by atoms with E-state index in [1.807, 2.05) is 33.4 Å². The van der Waals surface area contributed by atoms with Crippen LogP contribution in [-0.2, 0) is 11.3 Å². The molecule has 2 heterocycles. The summed E-state index contributed by atoms with van der Waals surface area (Å²) in [5, 5.41) is 1.90. The molecule has 28 heavy (non-hydrogen) atoms. The van der Waals surface area contributed by atoms with Crippen LogP contribution in [0.4, 0.5) is 4.39 Å². The van der Waals surface area contributed by atoms with Gasteiger partial charge >= 0.3 is 0 Å². The van der Waals surface area contributed by atoms with Gasteiger partial charge in [0.15, 0.2) is 6.54 Å². The van der Waals surface area contributed by atoms with Crippen molar-refractivity contribution < 1.29 is 18.9 Å². The van der Waals surface area contributed by atoms with E-state index in [1.54, 1.807) is 12.1 Å². The monoisotopic (exact) mass is 402 g/mol. The van der Waals surface area contributed by atoms with Crippen LogP contribution >= 0.6 is 11.3 Å². The summed E-state index contributed by atoms with van der Waals surface area (Å²) >= 11 is 1.45. The van der Waals surface area contributed by atoms with Gasteiger partial charge in [-0.05, 0) is 17.5 Å². The number of carbonyl (C=O) groups is 2. The van der Waals surface area contributed by atoms with Crippen molar-refractivity contribution in [1.82, 2.24) is 9.80 Å². The molecule has 1 aromatic heterocycles. The molecule has 7 heteroatoms. The van der Waals surface area contributed by atoms with Gasteiger partial charge in [-0.1, -0.05) is 24.3 Å². The number of rotatable bonds is 6. The molecule has 5 nitrogen and oxygen atoms in total. The quantitative estimate of drug-likeness (QED) is 0.794. The largest absolute Gasteiger partial charge is 0.334 e. The summed E-state index contributed by atoms with van der Waals surface area (Å²) in [5.41, 5.74) is 0.670. The van der Waals surface area contributed by atoms with Gasteiger partial charge in [-0.3, -0.25) is 9.59 Å². The van der Waals surface area contributed by atoms with Gasteiger partial charge in [-0.15, -0.1) is 11.3 Å². The molecule has 1 aliphatic heterocycles. The zero-order valence-electron chi connectivity index (χ0n) is 15.8. The van der Waals surface area contributed by atoms with Gasteiger partial charge in [0.05, 0.1) is 10.9 Å². The first-order chi connectivity index (χ1) is 13.6. The molecule has 1 N–H and O–H groups in total. The Morgan fingerprint density at radius 1 is 1.04 bits per heavy atom. The number of quaternary nitrogens is 1. The molecule has 0 bridgehead atoms. The zero-order valence-corrected chi connectivity index (χ0v) is 16.6. The summed E-state index contributed by atoms with van der Waals surface area (Å²) < 4.78 is 14.0. The summed E-state index contributed by atoms with van der Waals surface area (Å²) in [6.45, 7) is 3.18. The highest BCUT2D eigenvalue weighted by Crippen LogP contribution is 2.17. The lowest BCUT2D eigenvalue weighted by molar-refractivity contribution is -0.917. The molecular weight excluding hydrogens is 377 g/mol. The molecule has 0 spiro atoms. The smallest absolute Gasteiger partial charge is 0.277 e. The van der Waals surface area contributed by atoms with Crippen molar-refractivity contribution in [1.29, 1.82) is 0 Å². The van der Waals surface area contributed by atoms with E-state index < -0.39 is 0 Å². The maximum Gasteiger partial charge on any atom is 0.277 e. The van der Waals surface area contributed by atoms with E-state index in [2.05, 4.69) is 0 Å². The summed E-state index contributed by atoms with van der Waals surface area (Å²) in [4.78, 5) is 30.8. The van der Waals surface area contributed by atoms with Gasteiger partial charge in [0.25, 0.3) is 11.8 Å². The molecular formula is C21H25FN3O2S+. The van der Waals surface area contributed by atoms with Crippen LogP contribution in [0.1, 0.15) is 28.1 Å². The third-order valence-corrected chi connectivity index (χ3v) is 6.42. The molecule has 1 unspecified atom stereocenters. The van der Waals surface area contributed by atoms with Crippen molar-refractivity contribution in [3.63, 3.8) is 0 Å². The van der Waals surface area contributed by atoms with E-state index >= 15 is 0 Å². The highest BCUT2D eigenvalue weighted by molar-refractivity contribution is 7.12. The van der Waals surface area contributed by atoms with Gasteiger partial charge < -0.3 is 14.7 Å². The molecule has 0 radical (unpaired) electrons. The van der Waals surface area contributed by atoms with Crippen molar-refractivity contribution in [3.05, 3.63) is 58.0 Å². The average Bonchev–Trinajstić information content (AvgIpc) is 3.42. The number of hydrogen-bond donors (Lipinski definition) is 1. The molecule has 1 atom stereocenters. The predicted octanol–water partition coefficient (Wildman–Crippen LogP) is 1.42. The topological polar surface area (TPSA) is 45.1 Å². The van der Waals surface area contributed by atoms with Gasteiger partial charge in [0.1, 0.15) is 12.4 Å². The predicted molar refractivity (Wildman–Crippen MR) is 106 cm³/mol. The van der Waals surface area contributed by atoms with Gasteiger partial charge in [-0.2, -0.15) is 0 Å². The molecule has 1 aliphatic carbocycles. The molecule has 1 aromatic carbocycles. The highest BCUT2D eigenvalue weighted by atomic mass is 32.1. The van der Waals surface area contributed by atoms with Crippen molar-refractivity contribution in [3.8, 4) is 0 Å². The van der Waals surface area contributed by atoms with E-state index in [-0.39, 0.29) is 17.6 Å². The van der Waals surface area contributed by atoms with Gasteiger partial charge in [-0.25, -0.2) is 4.39 Å². The van der Waals surface area contributed by atoms with Crippen molar-refractivity contribution in [2.75, 3.05) is 32.7 Å². The van der Waals surface area contributed by atoms with Crippen LogP contribution < -0.4 is 4.90 Å². The number of carbonyl (C=O) groups excluding carboxylic acids is 2. The number of nitrogens with zero attached hydrogens (tertiary/aromatic N) is 2. The number of nitrogens with one attached hydrogen (secondary N) is 1. The summed E-state index contributed by atoms with van der Waals surface area (Å²) in [6.07, 6.45) is 2.19. The molecule has 2 aliphatic rings. The second-order valence-electron chi connectivity index (χ2n) is 7.53. The molecule has 1 saturated carbocycles. The number of piperazine rings is 1. The average molecular weight is 403 g/mol.